The fourth-order valence-corrected chi connectivity index (χ4v) is 5.43. The van der Waals surface area contributed by atoms with Gasteiger partial charge in [0, 0.05) is 19.7 Å². The van der Waals surface area contributed by atoms with Gasteiger partial charge in [-0.1, -0.05) is 26.2 Å². The predicted molar refractivity (Wildman–Crippen MR) is 109 cm³/mol. The Morgan fingerprint density at radius 2 is 2.00 bits per heavy atom. The van der Waals surface area contributed by atoms with Crippen molar-refractivity contribution < 1.29 is 29.0 Å². The van der Waals surface area contributed by atoms with Gasteiger partial charge in [-0.2, -0.15) is 0 Å². The van der Waals surface area contributed by atoms with Crippen molar-refractivity contribution in [1.82, 2.24) is 10.2 Å². The van der Waals surface area contributed by atoms with Gasteiger partial charge in [0.25, 0.3) is 0 Å². The summed E-state index contributed by atoms with van der Waals surface area (Å²) < 4.78 is 11.5. The van der Waals surface area contributed by atoms with Crippen LogP contribution in [-0.4, -0.2) is 71.8 Å². The number of rotatable bonds is 12. The highest BCUT2D eigenvalue weighted by Crippen LogP contribution is 2.58. The number of nitrogens with one attached hydrogen (secondary N) is 1. The van der Waals surface area contributed by atoms with Crippen LogP contribution >= 0.6 is 0 Å². The van der Waals surface area contributed by atoms with Crippen molar-refractivity contribution in [3.63, 3.8) is 0 Å². The third kappa shape index (κ3) is 4.08. The highest BCUT2D eigenvalue weighted by Gasteiger charge is 2.74. The van der Waals surface area contributed by atoms with Crippen LogP contribution in [0.15, 0.2) is 0 Å². The lowest BCUT2D eigenvalue weighted by atomic mass is 9.71. The monoisotopic (exact) mass is 424 g/mol. The first-order valence-electron chi connectivity index (χ1n) is 11.5. The number of hydrogen-bond acceptors (Lipinski definition) is 6. The molecule has 3 heterocycles. The van der Waals surface area contributed by atoms with Crippen LogP contribution in [0.4, 0.5) is 0 Å². The Morgan fingerprint density at radius 3 is 2.70 bits per heavy atom. The van der Waals surface area contributed by atoms with Crippen LogP contribution in [0, 0.1) is 11.8 Å². The molecular weight excluding hydrogens is 388 g/mol. The van der Waals surface area contributed by atoms with Gasteiger partial charge in [0.1, 0.15) is 11.6 Å². The third-order valence-corrected chi connectivity index (χ3v) is 6.74. The van der Waals surface area contributed by atoms with E-state index in [9.17, 15) is 14.4 Å². The molecule has 3 saturated heterocycles. The maximum atomic E-state index is 13.5. The smallest absolute Gasteiger partial charge is 0.312 e. The van der Waals surface area contributed by atoms with Gasteiger partial charge in [-0.05, 0) is 39.0 Å². The number of likely N-dealkylation sites (tertiary alicyclic amines) is 1. The average Bonchev–Trinajstić information content (AvgIpc) is 3.36. The minimum atomic E-state index is -0.930. The van der Waals surface area contributed by atoms with E-state index in [4.69, 9.17) is 14.6 Å². The third-order valence-electron chi connectivity index (χ3n) is 6.74. The number of hydrogen-bond donors (Lipinski definition) is 2. The summed E-state index contributed by atoms with van der Waals surface area (Å²) in [5, 5.41) is 11.9. The summed E-state index contributed by atoms with van der Waals surface area (Å²) in [5.41, 5.74) is -0.930. The maximum Gasteiger partial charge on any atom is 0.312 e. The standard InChI is InChI=1S/C22H36N2O6/c1-3-5-12-23-19(26)18-22-11-10-15(30-22)16(21(28)29-4-2)17(22)20(27)24(18)13-8-6-7-9-14-25/h15-18,25H,3-14H2,1-2H3,(H,23,26)/t15-,16+,17+,18-,22+/m0/s1. The first kappa shape index (κ1) is 23.0. The van der Waals surface area contributed by atoms with Crippen LogP contribution in [0.5, 0.6) is 0 Å². The number of fused-ring (bicyclic) bond motifs is 1. The largest absolute Gasteiger partial charge is 0.466 e. The van der Waals surface area contributed by atoms with E-state index >= 15 is 0 Å². The number of carbonyl (C=O) groups is 3. The SMILES string of the molecule is CCCCNC(=O)[C@@H]1N(CCCCCCO)C(=O)[C@H]2[C@H](C(=O)OCC)[C@@H]3CC[C@]12O3. The summed E-state index contributed by atoms with van der Waals surface area (Å²) in [5.74, 6) is -2.00. The molecule has 30 heavy (non-hydrogen) atoms. The van der Waals surface area contributed by atoms with Crippen molar-refractivity contribution in [3.8, 4) is 0 Å². The van der Waals surface area contributed by atoms with E-state index in [-0.39, 0.29) is 31.1 Å². The van der Waals surface area contributed by atoms with Crippen molar-refractivity contribution in [3.05, 3.63) is 0 Å². The molecule has 3 aliphatic rings. The number of unbranched alkanes of at least 4 members (excludes halogenated alkanes) is 4. The van der Waals surface area contributed by atoms with E-state index in [1.54, 1.807) is 11.8 Å². The zero-order chi connectivity index (χ0) is 21.7. The van der Waals surface area contributed by atoms with E-state index in [0.29, 0.717) is 25.9 Å². The van der Waals surface area contributed by atoms with Gasteiger partial charge in [0.2, 0.25) is 11.8 Å². The number of aliphatic hydroxyl groups is 1. The number of carbonyl (C=O) groups excluding carboxylic acids is 3. The molecule has 170 valence electrons. The second-order valence-electron chi connectivity index (χ2n) is 8.62. The van der Waals surface area contributed by atoms with Crippen LogP contribution in [0.25, 0.3) is 0 Å². The highest BCUT2D eigenvalue weighted by molar-refractivity contribution is 5.98. The van der Waals surface area contributed by atoms with Gasteiger partial charge in [0.15, 0.2) is 0 Å². The quantitative estimate of drug-likeness (QED) is 0.362. The van der Waals surface area contributed by atoms with Gasteiger partial charge < -0.3 is 24.8 Å². The second-order valence-corrected chi connectivity index (χ2v) is 8.62. The van der Waals surface area contributed by atoms with Crippen molar-refractivity contribution in [2.45, 2.75) is 83.0 Å². The first-order chi connectivity index (χ1) is 14.5. The van der Waals surface area contributed by atoms with Gasteiger partial charge in [-0.3, -0.25) is 14.4 Å². The molecule has 3 fully saturated rings. The van der Waals surface area contributed by atoms with Crippen LogP contribution in [0.2, 0.25) is 0 Å². The average molecular weight is 425 g/mol. The van der Waals surface area contributed by atoms with Gasteiger partial charge in [-0.15, -0.1) is 0 Å². The fraction of sp³-hybridized carbons (Fsp3) is 0.864. The number of amides is 2. The summed E-state index contributed by atoms with van der Waals surface area (Å²) in [7, 11) is 0. The Kier molecular flexibility index (Phi) is 7.74. The highest BCUT2D eigenvalue weighted by atomic mass is 16.6. The van der Waals surface area contributed by atoms with E-state index in [1.807, 2.05) is 0 Å². The van der Waals surface area contributed by atoms with Crippen molar-refractivity contribution in [2.75, 3.05) is 26.3 Å². The molecule has 8 heteroatoms. The number of ether oxygens (including phenoxy) is 2. The molecule has 8 nitrogen and oxygen atoms in total. The topological polar surface area (TPSA) is 105 Å². The van der Waals surface area contributed by atoms with Crippen LogP contribution in [-0.2, 0) is 23.9 Å². The van der Waals surface area contributed by atoms with Gasteiger partial charge in [0.05, 0.1) is 24.5 Å². The molecule has 3 rings (SSSR count). The number of esters is 1. The molecule has 0 aromatic heterocycles. The normalized spacial score (nSPS) is 31.8. The fourth-order valence-electron chi connectivity index (χ4n) is 5.43. The van der Waals surface area contributed by atoms with E-state index in [0.717, 1.165) is 38.5 Å². The molecule has 0 aliphatic carbocycles. The molecule has 0 aromatic rings. The minimum Gasteiger partial charge on any atom is -0.466 e. The predicted octanol–water partition coefficient (Wildman–Crippen LogP) is 1.39. The lowest BCUT2D eigenvalue weighted by Gasteiger charge is -2.33. The van der Waals surface area contributed by atoms with Gasteiger partial charge in [-0.25, -0.2) is 0 Å². The molecule has 2 amide bonds. The minimum absolute atomic E-state index is 0.159. The number of nitrogens with zero attached hydrogens (tertiary/aromatic N) is 1. The Morgan fingerprint density at radius 1 is 1.23 bits per heavy atom. The lowest BCUT2D eigenvalue weighted by molar-refractivity contribution is -0.154. The zero-order valence-electron chi connectivity index (χ0n) is 18.2. The van der Waals surface area contributed by atoms with Crippen molar-refractivity contribution >= 4 is 17.8 Å². The molecule has 0 aromatic carbocycles. The molecule has 0 unspecified atom stereocenters. The molecule has 1 spiro atoms. The summed E-state index contributed by atoms with van der Waals surface area (Å²) in [6, 6.07) is -0.700. The Hall–Kier alpha value is -1.67. The number of aliphatic hydroxyl groups excluding tert-OH is 1. The Labute approximate surface area is 178 Å². The van der Waals surface area contributed by atoms with Crippen molar-refractivity contribution in [2.24, 2.45) is 11.8 Å². The van der Waals surface area contributed by atoms with Crippen LogP contribution < -0.4 is 5.32 Å². The Balaban J connectivity index is 1.81. The molecule has 0 radical (unpaired) electrons. The maximum absolute atomic E-state index is 13.5. The summed E-state index contributed by atoms with van der Waals surface area (Å²) in [6.07, 6.45) is 6.00. The van der Waals surface area contributed by atoms with Crippen molar-refractivity contribution in [1.29, 1.82) is 0 Å². The van der Waals surface area contributed by atoms with Gasteiger partial charge >= 0.3 is 5.97 Å². The van der Waals surface area contributed by atoms with E-state index < -0.39 is 29.4 Å². The van der Waals surface area contributed by atoms with E-state index in [2.05, 4.69) is 12.2 Å². The molecule has 5 atom stereocenters. The molecule has 3 aliphatic heterocycles. The van der Waals surface area contributed by atoms with Crippen LogP contribution in [0.1, 0.15) is 65.2 Å². The summed E-state index contributed by atoms with van der Waals surface area (Å²) in [4.78, 5) is 41.0. The summed E-state index contributed by atoms with van der Waals surface area (Å²) in [6.45, 7) is 5.25. The molecular formula is C22H36N2O6. The lowest BCUT2D eigenvalue weighted by Crippen LogP contribution is -2.55. The molecule has 2 N–H and O–H groups in total. The summed E-state index contributed by atoms with van der Waals surface area (Å²) >= 11 is 0. The van der Waals surface area contributed by atoms with Crippen LogP contribution in [0.3, 0.4) is 0 Å². The Bertz CT molecular complexity index is 641. The molecule has 2 bridgehead atoms. The second kappa shape index (κ2) is 10.1. The zero-order valence-corrected chi connectivity index (χ0v) is 18.2. The first-order valence-corrected chi connectivity index (χ1v) is 11.5. The molecule has 0 saturated carbocycles. The van der Waals surface area contributed by atoms with E-state index in [1.165, 1.54) is 0 Å².